The molecule has 0 spiro atoms. The summed E-state index contributed by atoms with van der Waals surface area (Å²) in [6, 6.07) is 3.59. The van der Waals surface area contributed by atoms with E-state index in [9.17, 15) is 0 Å². The third-order valence-electron chi connectivity index (χ3n) is 1.51. The minimum absolute atomic E-state index is 0.213. The molecule has 13 heavy (non-hydrogen) atoms. The topological polar surface area (TPSA) is 48.1 Å². The predicted octanol–water partition coefficient (Wildman–Crippen LogP) is 2.15. The zero-order valence-corrected chi connectivity index (χ0v) is 8.59. The molecule has 0 fully saturated rings. The van der Waals surface area contributed by atoms with Crippen LogP contribution in [0.2, 0.25) is 0 Å². The number of nitrogen functional groups attached to an aromatic ring is 1. The van der Waals surface area contributed by atoms with E-state index < -0.39 is 0 Å². The molecule has 0 aliphatic heterocycles. The number of ether oxygens (including phenoxy) is 1. The Labute approximate surface area is 78.9 Å². The van der Waals surface area contributed by atoms with Crippen LogP contribution in [0.4, 0.5) is 5.69 Å². The third-order valence-corrected chi connectivity index (χ3v) is 1.51. The van der Waals surface area contributed by atoms with Gasteiger partial charge in [-0.15, -0.1) is 0 Å². The highest BCUT2D eigenvalue weighted by Gasteiger charge is 2.12. The molecule has 0 aliphatic carbocycles. The summed E-state index contributed by atoms with van der Waals surface area (Å²) in [5.41, 5.74) is 6.92. The molecule has 3 heteroatoms. The molecule has 1 aromatic rings. The fourth-order valence-corrected chi connectivity index (χ4v) is 0.919. The van der Waals surface area contributed by atoms with Crippen LogP contribution in [0.1, 0.15) is 26.5 Å². The first-order chi connectivity index (χ1) is 5.88. The van der Waals surface area contributed by atoms with Crippen molar-refractivity contribution in [3.63, 3.8) is 0 Å². The second-order valence-electron chi connectivity index (χ2n) is 4.04. The predicted molar refractivity (Wildman–Crippen MR) is 53.8 cm³/mol. The quantitative estimate of drug-likeness (QED) is 0.720. The summed E-state index contributed by atoms with van der Waals surface area (Å²) in [6.07, 6.45) is 0. The molecule has 0 saturated carbocycles. The molecule has 0 saturated heterocycles. The van der Waals surface area contributed by atoms with Crippen molar-refractivity contribution in [2.24, 2.45) is 0 Å². The monoisotopic (exact) mass is 180 g/mol. The smallest absolute Gasteiger partial charge is 0.214 e. The molecule has 1 aromatic heterocycles. The minimum Gasteiger partial charge on any atom is -0.472 e. The van der Waals surface area contributed by atoms with E-state index in [0.29, 0.717) is 11.6 Å². The van der Waals surface area contributed by atoms with Crippen molar-refractivity contribution in [1.29, 1.82) is 0 Å². The number of hydrogen-bond acceptors (Lipinski definition) is 3. The number of rotatable bonds is 1. The van der Waals surface area contributed by atoms with E-state index in [-0.39, 0.29) is 5.60 Å². The third kappa shape index (κ3) is 2.93. The highest BCUT2D eigenvalue weighted by molar-refractivity contribution is 5.43. The first-order valence-electron chi connectivity index (χ1n) is 4.30. The van der Waals surface area contributed by atoms with Gasteiger partial charge in [0.25, 0.3) is 0 Å². The van der Waals surface area contributed by atoms with E-state index in [1.165, 1.54) is 0 Å². The second kappa shape index (κ2) is 3.24. The van der Waals surface area contributed by atoms with Crippen LogP contribution >= 0.6 is 0 Å². The molecule has 3 nitrogen and oxygen atoms in total. The summed E-state index contributed by atoms with van der Waals surface area (Å²) >= 11 is 0. The molecular weight excluding hydrogens is 164 g/mol. The van der Waals surface area contributed by atoms with Crippen LogP contribution in [0.3, 0.4) is 0 Å². The number of aryl methyl sites for hydroxylation is 1. The number of pyridine rings is 1. The van der Waals surface area contributed by atoms with Crippen molar-refractivity contribution in [1.82, 2.24) is 4.98 Å². The molecule has 0 unspecified atom stereocenters. The van der Waals surface area contributed by atoms with Crippen LogP contribution in [-0.2, 0) is 0 Å². The van der Waals surface area contributed by atoms with Crippen LogP contribution in [0.15, 0.2) is 12.1 Å². The lowest BCUT2D eigenvalue weighted by Crippen LogP contribution is -2.23. The largest absolute Gasteiger partial charge is 0.472 e. The number of nitrogens with zero attached hydrogens (tertiary/aromatic N) is 1. The Morgan fingerprint density at radius 1 is 1.31 bits per heavy atom. The Morgan fingerprint density at radius 2 is 1.92 bits per heavy atom. The van der Waals surface area contributed by atoms with Crippen molar-refractivity contribution < 1.29 is 4.74 Å². The molecule has 1 heterocycles. The van der Waals surface area contributed by atoms with Gasteiger partial charge in [-0.05, 0) is 33.8 Å². The summed E-state index contributed by atoms with van der Waals surface area (Å²) in [6.45, 7) is 7.83. The lowest BCUT2D eigenvalue weighted by atomic mass is 10.2. The molecule has 72 valence electrons. The maximum Gasteiger partial charge on any atom is 0.214 e. The van der Waals surface area contributed by atoms with Crippen molar-refractivity contribution >= 4 is 5.69 Å². The van der Waals surface area contributed by atoms with Crippen LogP contribution in [0.5, 0.6) is 5.88 Å². The van der Waals surface area contributed by atoms with Gasteiger partial charge in [0, 0.05) is 6.07 Å². The number of aromatic nitrogens is 1. The maximum absolute atomic E-state index is 5.63. The first-order valence-corrected chi connectivity index (χ1v) is 4.30. The fraction of sp³-hybridized carbons (Fsp3) is 0.500. The first kappa shape index (κ1) is 9.84. The van der Waals surface area contributed by atoms with Gasteiger partial charge in [-0.3, -0.25) is 0 Å². The van der Waals surface area contributed by atoms with E-state index in [4.69, 9.17) is 10.5 Å². The van der Waals surface area contributed by atoms with E-state index in [2.05, 4.69) is 4.98 Å². The standard InChI is InChI=1S/C10H16N2O/c1-7-8(11)5-6-9(12-7)13-10(2,3)4/h5-6H,11H2,1-4H3. The van der Waals surface area contributed by atoms with Gasteiger partial charge in [-0.25, -0.2) is 4.98 Å². The van der Waals surface area contributed by atoms with Gasteiger partial charge in [0.2, 0.25) is 5.88 Å². The average molecular weight is 180 g/mol. The number of anilines is 1. The van der Waals surface area contributed by atoms with E-state index >= 15 is 0 Å². The van der Waals surface area contributed by atoms with Gasteiger partial charge >= 0.3 is 0 Å². The Hall–Kier alpha value is -1.25. The SMILES string of the molecule is Cc1nc(OC(C)(C)C)ccc1N. The lowest BCUT2D eigenvalue weighted by molar-refractivity contribution is 0.124. The van der Waals surface area contributed by atoms with Gasteiger partial charge in [-0.2, -0.15) is 0 Å². The summed E-state index contributed by atoms with van der Waals surface area (Å²) < 4.78 is 5.57. The van der Waals surface area contributed by atoms with Gasteiger partial charge in [-0.1, -0.05) is 0 Å². The Balaban J connectivity index is 2.86. The van der Waals surface area contributed by atoms with Crippen molar-refractivity contribution in [3.05, 3.63) is 17.8 Å². The molecule has 2 N–H and O–H groups in total. The zero-order chi connectivity index (χ0) is 10.1. The van der Waals surface area contributed by atoms with Crippen molar-refractivity contribution in [2.45, 2.75) is 33.3 Å². The average Bonchev–Trinajstić information content (AvgIpc) is 1.94. The van der Waals surface area contributed by atoms with E-state index in [0.717, 1.165) is 5.69 Å². The summed E-state index contributed by atoms with van der Waals surface area (Å²) in [7, 11) is 0. The van der Waals surface area contributed by atoms with E-state index in [1.807, 2.05) is 33.8 Å². The number of nitrogens with two attached hydrogens (primary N) is 1. The minimum atomic E-state index is -0.213. The van der Waals surface area contributed by atoms with Gasteiger partial charge < -0.3 is 10.5 Å². The highest BCUT2D eigenvalue weighted by atomic mass is 16.5. The van der Waals surface area contributed by atoms with E-state index in [1.54, 1.807) is 6.07 Å². The highest BCUT2D eigenvalue weighted by Crippen LogP contribution is 2.18. The summed E-state index contributed by atoms with van der Waals surface area (Å²) in [4.78, 5) is 4.21. The Kier molecular flexibility index (Phi) is 2.45. The number of hydrogen-bond donors (Lipinski definition) is 1. The summed E-state index contributed by atoms with van der Waals surface area (Å²) in [5, 5.41) is 0. The van der Waals surface area contributed by atoms with Gasteiger partial charge in [0.05, 0.1) is 11.4 Å². The van der Waals surface area contributed by atoms with Crippen molar-refractivity contribution in [3.8, 4) is 5.88 Å². The van der Waals surface area contributed by atoms with Crippen LogP contribution < -0.4 is 10.5 Å². The molecule has 0 atom stereocenters. The summed E-state index contributed by atoms with van der Waals surface area (Å²) in [5.74, 6) is 0.624. The molecular formula is C10H16N2O. The lowest BCUT2D eigenvalue weighted by Gasteiger charge is -2.20. The van der Waals surface area contributed by atoms with Gasteiger partial charge in [0.1, 0.15) is 5.60 Å². The maximum atomic E-state index is 5.63. The molecule has 0 amide bonds. The van der Waals surface area contributed by atoms with Crippen LogP contribution in [0, 0.1) is 6.92 Å². The van der Waals surface area contributed by atoms with Crippen molar-refractivity contribution in [2.75, 3.05) is 5.73 Å². The second-order valence-corrected chi connectivity index (χ2v) is 4.04. The van der Waals surface area contributed by atoms with Crippen LogP contribution in [-0.4, -0.2) is 10.6 Å². The molecule has 1 rings (SSSR count). The Bertz CT molecular complexity index is 302. The van der Waals surface area contributed by atoms with Gasteiger partial charge in [0.15, 0.2) is 0 Å². The fourth-order valence-electron chi connectivity index (χ4n) is 0.919. The zero-order valence-electron chi connectivity index (χ0n) is 8.59. The van der Waals surface area contributed by atoms with Crippen LogP contribution in [0.25, 0.3) is 0 Å². The Morgan fingerprint density at radius 3 is 2.38 bits per heavy atom. The molecule has 0 radical (unpaired) electrons. The molecule has 0 aliphatic rings. The normalized spacial score (nSPS) is 11.4. The molecule has 0 aromatic carbocycles. The molecule has 0 bridgehead atoms.